The van der Waals surface area contributed by atoms with Crippen LogP contribution in [0, 0.1) is 101 Å². The molecule has 71 heavy (non-hydrogen) atoms. The third-order valence-electron chi connectivity index (χ3n) is 14.9. The first-order valence-corrected chi connectivity index (χ1v) is 37.6. The van der Waals surface area contributed by atoms with Gasteiger partial charge in [0.25, 0.3) is 0 Å². The fraction of sp³-hybridized carbons (Fsp3) is 0.541. The molecule has 7 atom stereocenters. The molecule has 0 saturated heterocycles. The summed E-state index contributed by atoms with van der Waals surface area (Å²) in [5.74, 6) is 4.50. The third-order valence-corrected chi connectivity index (χ3v) is 20.9. The summed E-state index contributed by atoms with van der Waals surface area (Å²) in [5.41, 5.74) is 14.7. The van der Waals surface area contributed by atoms with Gasteiger partial charge in [0, 0.05) is 0 Å². The summed E-state index contributed by atoms with van der Waals surface area (Å²) in [5, 5.41) is 9.75. The van der Waals surface area contributed by atoms with Crippen molar-refractivity contribution < 1.29 is 56.1 Å². The molecule has 0 spiro atoms. The minimum absolute atomic E-state index is 0. The van der Waals surface area contributed by atoms with Crippen molar-refractivity contribution in [3.63, 3.8) is 0 Å². The van der Waals surface area contributed by atoms with E-state index < -0.39 is 38.9 Å². The molecule has 0 aliphatic heterocycles. The SMILES string of the molecule is C1CCC2CCCC2C1.C[SiH](C)O[SiH](C)C1CCC2CCCCC21.Cc1cc(C)c([N-]CC[NH+](C)CC[N-]c2c(C)cc(C)c(C)c2C)c(C)c1.[CH2-]c1ccccc1.[CH2-]c1ccccc1.[CH3-].[CH3-].[Cl][Zr+2][Cl].[Zr+4]. The zero-order valence-electron chi connectivity index (χ0n) is 47.0. The number of hydrogen-bond acceptors (Lipinski definition) is 1. The van der Waals surface area contributed by atoms with E-state index in [-0.39, 0.29) is 41.1 Å². The van der Waals surface area contributed by atoms with Gasteiger partial charge in [0.05, 0.1) is 20.1 Å². The van der Waals surface area contributed by atoms with E-state index in [1.165, 1.54) is 125 Å². The molecule has 10 heteroatoms. The van der Waals surface area contributed by atoms with Gasteiger partial charge >= 0.3 is 64.1 Å². The molecule has 0 bridgehead atoms. The van der Waals surface area contributed by atoms with Crippen molar-refractivity contribution in [2.75, 3.05) is 33.2 Å². The number of aryl methyl sites for hydroxylation is 5. The van der Waals surface area contributed by atoms with Crippen molar-refractivity contribution in [2.24, 2.45) is 23.7 Å². The number of halogens is 2. The Labute approximate surface area is 480 Å². The minimum Gasteiger partial charge on any atom is 4.00 e. The monoisotopic (exact) mass is 1190 g/mol. The Morgan fingerprint density at radius 2 is 1.00 bits per heavy atom. The predicted octanol–water partition coefficient (Wildman–Crippen LogP) is 17.4. The molecule has 392 valence electrons. The van der Waals surface area contributed by atoms with Gasteiger partial charge in [-0.05, 0) is 108 Å². The number of likely N-dealkylation sites (N-methyl/N-ethyl adjacent to an activating group) is 1. The van der Waals surface area contributed by atoms with E-state index in [2.05, 4.69) is 107 Å². The van der Waals surface area contributed by atoms with E-state index in [1.807, 2.05) is 60.7 Å². The summed E-state index contributed by atoms with van der Waals surface area (Å²) in [4.78, 5) is 1.48. The van der Waals surface area contributed by atoms with Crippen molar-refractivity contribution in [2.45, 2.75) is 157 Å². The fourth-order valence-electron chi connectivity index (χ4n) is 11.3. The normalized spacial score (nSPS) is 19.9. The molecule has 0 aromatic heterocycles. The Bertz CT molecular complexity index is 1900. The zero-order chi connectivity index (χ0) is 50.0. The van der Waals surface area contributed by atoms with E-state index in [9.17, 15) is 0 Å². The molecule has 4 fully saturated rings. The molecular weight excluding hydrogens is 1100 g/mol. The van der Waals surface area contributed by atoms with Crippen molar-refractivity contribution in [1.29, 1.82) is 0 Å². The van der Waals surface area contributed by atoms with Crippen molar-refractivity contribution in [3.8, 4) is 0 Å². The molecule has 0 radical (unpaired) electrons. The van der Waals surface area contributed by atoms with Crippen LogP contribution in [0.5, 0.6) is 0 Å². The van der Waals surface area contributed by atoms with Gasteiger partial charge < -0.3 is 34.5 Å². The van der Waals surface area contributed by atoms with Gasteiger partial charge in [-0.3, -0.25) is 0 Å². The van der Waals surface area contributed by atoms with Gasteiger partial charge in [0.2, 0.25) is 0 Å². The Hall–Kier alpha value is -1.08. The molecule has 0 amide bonds. The first kappa shape index (κ1) is 69.9. The van der Waals surface area contributed by atoms with Gasteiger partial charge in [-0.2, -0.15) is 49.2 Å². The number of nitrogens with one attached hydrogen (secondary N) is 1. The van der Waals surface area contributed by atoms with Crippen molar-refractivity contribution in [3.05, 3.63) is 168 Å². The quantitative estimate of drug-likeness (QED) is 0.118. The van der Waals surface area contributed by atoms with Crippen LogP contribution in [-0.2, 0) is 51.2 Å². The van der Waals surface area contributed by atoms with Gasteiger partial charge in [0.15, 0.2) is 18.1 Å². The van der Waals surface area contributed by atoms with Crippen LogP contribution in [0.4, 0.5) is 11.4 Å². The summed E-state index contributed by atoms with van der Waals surface area (Å²) in [7, 11) is 10.5. The zero-order valence-corrected chi connectivity index (χ0v) is 55.8. The van der Waals surface area contributed by atoms with E-state index in [1.54, 1.807) is 25.7 Å². The minimum atomic E-state index is -0.845. The topological polar surface area (TPSA) is 41.9 Å². The summed E-state index contributed by atoms with van der Waals surface area (Å²) in [6.45, 7) is 33.5. The molecule has 4 aliphatic carbocycles. The van der Waals surface area contributed by atoms with Crippen LogP contribution in [0.3, 0.4) is 0 Å². The average Bonchev–Trinajstić information content (AvgIpc) is 3.97. The Balaban J connectivity index is 0.000000932. The second-order valence-electron chi connectivity index (χ2n) is 20.7. The standard InChI is InChI=1S/C24H35N3.C12H26OSi2.C9H16.2C7H7.2CH3.2ClH.2Zr/c1-16-13-18(3)23(19(4)14-16)25-9-11-27(8)12-10-26-24-20(5)15-17(2)21(6)22(24)7;1-14(2)13-15(3)12-9-8-10-6-4-5-7-11(10)12;1-2-5-9-7-3-6-8(9)4-1;2*1-7-5-3-2-4-6-7;;;;;;/h13-15H,9-12H2,1-8H3;10-12,14-15H,4-9H2,1-3H3;8-9H,1-7H2;2*2-6H,1H2;2*1H3;2*1H;;/q-2;;;4*-1;;;2*+4/p-1. The molecule has 4 nitrogen and oxygen atoms in total. The Morgan fingerprint density at radius 3 is 1.45 bits per heavy atom. The number of benzene rings is 4. The first-order valence-electron chi connectivity index (χ1n) is 26.2. The third kappa shape index (κ3) is 26.5. The van der Waals surface area contributed by atoms with Crippen LogP contribution < -0.4 is 4.90 Å². The van der Waals surface area contributed by atoms with Crippen molar-refractivity contribution >= 4 is 46.5 Å². The summed E-state index contributed by atoms with van der Waals surface area (Å²) in [6.07, 6.45) is 19.9. The van der Waals surface area contributed by atoms with Crippen LogP contribution in [-0.4, -0.2) is 51.3 Å². The summed E-state index contributed by atoms with van der Waals surface area (Å²) >= 11 is -0.826. The molecule has 0 heterocycles. The average molecular weight is 1200 g/mol. The largest absolute Gasteiger partial charge is 4.00 e. The molecule has 4 aromatic carbocycles. The Morgan fingerprint density at radius 1 is 0.577 bits per heavy atom. The molecular formula is C61H98Cl2N3OSi2Zr2+. The number of fused-ring (bicyclic) bond motifs is 2. The fourth-order valence-corrected chi connectivity index (χ4v) is 17.4. The molecule has 8 rings (SSSR count). The maximum atomic E-state index is 6.26. The molecule has 7 unspecified atom stereocenters. The van der Waals surface area contributed by atoms with Gasteiger partial charge in [0.1, 0.15) is 0 Å². The molecule has 4 aliphatic rings. The molecule has 4 saturated carbocycles. The summed E-state index contributed by atoms with van der Waals surface area (Å²) in [6, 6.07) is 26.4. The second-order valence-corrected chi connectivity index (χ2v) is 29.9. The number of nitrogens with zero attached hydrogens (tertiary/aromatic N) is 2. The van der Waals surface area contributed by atoms with E-state index in [0.29, 0.717) is 0 Å². The maximum absolute atomic E-state index is 6.26. The van der Waals surface area contributed by atoms with E-state index in [0.717, 1.165) is 54.7 Å². The number of hydrogen-bond donors (Lipinski definition) is 1. The van der Waals surface area contributed by atoms with Gasteiger partial charge in [-0.1, -0.05) is 155 Å². The Kier molecular flexibility index (Phi) is 38.7. The molecule has 4 aromatic rings. The number of quaternary nitrogens is 1. The maximum Gasteiger partial charge on any atom is 4.00 e. The van der Waals surface area contributed by atoms with Gasteiger partial charge in [-0.25, -0.2) is 0 Å². The molecule has 1 N–H and O–H groups in total. The smallest absolute Gasteiger partial charge is 4.00 e. The van der Waals surface area contributed by atoms with E-state index in [4.69, 9.17) is 31.8 Å². The summed E-state index contributed by atoms with van der Waals surface area (Å²) < 4.78 is 6.26. The van der Waals surface area contributed by atoms with Crippen LogP contribution in [0.2, 0.25) is 25.2 Å². The van der Waals surface area contributed by atoms with Crippen LogP contribution >= 0.6 is 17.0 Å². The van der Waals surface area contributed by atoms with Crippen LogP contribution in [0.25, 0.3) is 10.6 Å². The second kappa shape index (κ2) is 39.3. The predicted molar refractivity (Wildman–Crippen MR) is 315 cm³/mol. The van der Waals surface area contributed by atoms with Crippen LogP contribution in [0.1, 0.15) is 134 Å². The van der Waals surface area contributed by atoms with Crippen LogP contribution in [0.15, 0.2) is 78.9 Å². The van der Waals surface area contributed by atoms with E-state index >= 15 is 0 Å². The van der Waals surface area contributed by atoms with Crippen molar-refractivity contribution in [1.82, 2.24) is 0 Å². The first-order chi connectivity index (χ1) is 32.6. The van der Waals surface area contributed by atoms with Gasteiger partial charge in [-0.15, -0.1) is 35.6 Å². The number of rotatable bonds is 11.